The van der Waals surface area contributed by atoms with E-state index in [-0.39, 0.29) is 0 Å². The molecule has 0 bridgehead atoms. The molecule has 1 aliphatic carbocycles. The highest BCUT2D eigenvalue weighted by Gasteiger charge is 2.14. The van der Waals surface area contributed by atoms with Gasteiger partial charge in [0.05, 0.1) is 0 Å². The topological polar surface area (TPSA) is 0 Å². The first kappa shape index (κ1) is 13.9. The Morgan fingerprint density at radius 1 is 0.857 bits per heavy atom. The lowest BCUT2D eigenvalue weighted by Crippen LogP contribution is -2.02. The van der Waals surface area contributed by atoms with Gasteiger partial charge in [-0.15, -0.1) is 0 Å². The molecular formula is C21H22. The predicted octanol–water partition coefficient (Wildman–Crippen LogP) is 5.73. The normalized spacial score (nSPS) is 15.0. The summed E-state index contributed by atoms with van der Waals surface area (Å²) < 4.78 is 0. The molecule has 0 N–H and O–H groups in total. The van der Waals surface area contributed by atoms with Gasteiger partial charge in [-0.3, -0.25) is 0 Å². The fourth-order valence-electron chi connectivity index (χ4n) is 3.05. The van der Waals surface area contributed by atoms with E-state index in [1.54, 1.807) is 5.57 Å². The van der Waals surface area contributed by atoms with E-state index in [9.17, 15) is 0 Å². The quantitative estimate of drug-likeness (QED) is 0.670. The van der Waals surface area contributed by atoms with Crippen LogP contribution in [0.15, 0.2) is 71.8 Å². The summed E-state index contributed by atoms with van der Waals surface area (Å²) in [5.41, 5.74) is 8.56. The van der Waals surface area contributed by atoms with Crippen molar-refractivity contribution in [3.63, 3.8) is 0 Å². The summed E-state index contributed by atoms with van der Waals surface area (Å²) in [4.78, 5) is 0. The Morgan fingerprint density at radius 3 is 2.29 bits per heavy atom. The lowest BCUT2D eigenvalue weighted by molar-refractivity contribution is 0.895. The minimum absolute atomic E-state index is 1.08. The zero-order valence-electron chi connectivity index (χ0n) is 12.9. The molecule has 0 aliphatic heterocycles. The fraction of sp³-hybridized carbons (Fsp3) is 0.238. The lowest BCUT2D eigenvalue weighted by Gasteiger charge is -2.20. The van der Waals surface area contributed by atoms with Crippen molar-refractivity contribution >= 4 is 5.57 Å². The average Bonchev–Trinajstić information content (AvgIpc) is 2.52. The fourth-order valence-corrected chi connectivity index (χ4v) is 3.05. The predicted molar refractivity (Wildman–Crippen MR) is 91.2 cm³/mol. The number of allylic oxidation sites excluding steroid dienone is 4. The number of rotatable bonds is 3. The van der Waals surface area contributed by atoms with Crippen LogP contribution in [0.2, 0.25) is 0 Å². The summed E-state index contributed by atoms with van der Waals surface area (Å²) in [6, 6.07) is 19.7. The molecule has 0 fully saturated rings. The molecular weight excluding hydrogens is 252 g/mol. The second kappa shape index (κ2) is 6.13. The Kier molecular flexibility index (Phi) is 4.06. The highest BCUT2D eigenvalue weighted by Crippen LogP contribution is 2.33. The Bertz CT molecular complexity index is 670. The van der Waals surface area contributed by atoms with Crippen molar-refractivity contribution < 1.29 is 0 Å². The summed E-state index contributed by atoms with van der Waals surface area (Å²) in [5, 5.41) is 0. The van der Waals surface area contributed by atoms with E-state index in [1.807, 2.05) is 0 Å². The summed E-state index contributed by atoms with van der Waals surface area (Å²) in [6.45, 7) is 4.42. The molecule has 3 rings (SSSR count). The van der Waals surface area contributed by atoms with E-state index in [4.69, 9.17) is 0 Å². The van der Waals surface area contributed by atoms with Crippen LogP contribution < -0.4 is 0 Å². The summed E-state index contributed by atoms with van der Waals surface area (Å²) in [7, 11) is 0. The average molecular weight is 274 g/mol. The minimum atomic E-state index is 1.08. The van der Waals surface area contributed by atoms with Crippen LogP contribution in [-0.4, -0.2) is 0 Å². The van der Waals surface area contributed by atoms with Crippen LogP contribution in [-0.2, 0) is 6.42 Å². The number of hydrogen-bond acceptors (Lipinski definition) is 0. The third kappa shape index (κ3) is 3.16. The molecule has 0 nitrogen and oxygen atoms in total. The van der Waals surface area contributed by atoms with Gasteiger partial charge >= 0.3 is 0 Å². The summed E-state index contributed by atoms with van der Waals surface area (Å²) in [5.74, 6) is 0. The van der Waals surface area contributed by atoms with E-state index in [0.717, 1.165) is 12.8 Å². The Labute approximate surface area is 127 Å². The van der Waals surface area contributed by atoms with Crippen molar-refractivity contribution in [2.45, 2.75) is 33.1 Å². The lowest BCUT2D eigenvalue weighted by atomic mass is 9.85. The molecule has 0 heterocycles. The third-order valence-corrected chi connectivity index (χ3v) is 4.35. The molecule has 0 saturated heterocycles. The SMILES string of the molecule is CC1=C(Cc2ccccc2)CCC=C1c1ccc(C)cc1. The van der Waals surface area contributed by atoms with Crippen LogP contribution in [0.1, 0.15) is 36.5 Å². The summed E-state index contributed by atoms with van der Waals surface area (Å²) >= 11 is 0. The van der Waals surface area contributed by atoms with Crippen molar-refractivity contribution in [3.8, 4) is 0 Å². The van der Waals surface area contributed by atoms with Gasteiger partial charge in [-0.25, -0.2) is 0 Å². The van der Waals surface area contributed by atoms with E-state index in [1.165, 1.54) is 34.3 Å². The van der Waals surface area contributed by atoms with Gasteiger partial charge in [0.15, 0.2) is 0 Å². The van der Waals surface area contributed by atoms with Crippen molar-refractivity contribution in [1.29, 1.82) is 0 Å². The first-order valence-electron chi connectivity index (χ1n) is 7.74. The van der Waals surface area contributed by atoms with Crippen LogP contribution in [0.3, 0.4) is 0 Å². The molecule has 1 aliphatic rings. The van der Waals surface area contributed by atoms with Crippen molar-refractivity contribution in [2.75, 3.05) is 0 Å². The van der Waals surface area contributed by atoms with Crippen LogP contribution in [0.4, 0.5) is 0 Å². The maximum Gasteiger partial charge on any atom is -0.00611 e. The highest BCUT2D eigenvalue weighted by atomic mass is 14.2. The van der Waals surface area contributed by atoms with Gasteiger partial charge in [0.1, 0.15) is 0 Å². The van der Waals surface area contributed by atoms with E-state index in [2.05, 4.69) is 74.5 Å². The van der Waals surface area contributed by atoms with Crippen molar-refractivity contribution in [3.05, 3.63) is 88.5 Å². The van der Waals surface area contributed by atoms with E-state index >= 15 is 0 Å². The Hall–Kier alpha value is -2.08. The molecule has 2 aromatic rings. The van der Waals surface area contributed by atoms with Gasteiger partial charge in [-0.05, 0) is 55.4 Å². The number of benzene rings is 2. The molecule has 2 aromatic carbocycles. The van der Waals surface area contributed by atoms with Crippen LogP contribution in [0.5, 0.6) is 0 Å². The van der Waals surface area contributed by atoms with Gasteiger partial charge in [-0.2, -0.15) is 0 Å². The van der Waals surface area contributed by atoms with Gasteiger partial charge in [0.2, 0.25) is 0 Å². The minimum Gasteiger partial charge on any atom is -0.0761 e. The molecule has 0 amide bonds. The Balaban J connectivity index is 1.89. The van der Waals surface area contributed by atoms with Gasteiger partial charge in [0.25, 0.3) is 0 Å². The van der Waals surface area contributed by atoms with Gasteiger partial charge in [-0.1, -0.05) is 71.8 Å². The maximum atomic E-state index is 2.40. The molecule has 21 heavy (non-hydrogen) atoms. The zero-order chi connectivity index (χ0) is 14.7. The molecule has 0 radical (unpaired) electrons. The zero-order valence-corrected chi connectivity index (χ0v) is 12.9. The van der Waals surface area contributed by atoms with Crippen molar-refractivity contribution in [1.82, 2.24) is 0 Å². The molecule has 0 saturated carbocycles. The van der Waals surface area contributed by atoms with Crippen molar-refractivity contribution in [2.24, 2.45) is 0 Å². The second-order valence-electron chi connectivity index (χ2n) is 5.91. The first-order chi connectivity index (χ1) is 10.2. The van der Waals surface area contributed by atoms with E-state index in [0.29, 0.717) is 0 Å². The molecule has 0 heteroatoms. The van der Waals surface area contributed by atoms with E-state index < -0.39 is 0 Å². The summed E-state index contributed by atoms with van der Waals surface area (Å²) in [6.07, 6.45) is 5.82. The molecule has 106 valence electrons. The number of aryl methyl sites for hydroxylation is 1. The molecule has 0 spiro atoms. The number of hydrogen-bond donors (Lipinski definition) is 0. The smallest absolute Gasteiger partial charge is 0.00611 e. The molecule has 0 atom stereocenters. The van der Waals surface area contributed by atoms with Crippen LogP contribution in [0.25, 0.3) is 5.57 Å². The largest absolute Gasteiger partial charge is 0.0761 e. The third-order valence-electron chi connectivity index (χ3n) is 4.35. The first-order valence-corrected chi connectivity index (χ1v) is 7.74. The van der Waals surface area contributed by atoms with Gasteiger partial charge in [0, 0.05) is 0 Å². The maximum absolute atomic E-state index is 2.40. The second-order valence-corrected chi connectivity index (χ2v) is 5.91. The molecule has 0 aromatic heterocycles. The van der Waals surface area contributed by atoms with Crippen LogP contribution >= 0.6 is 0 Å². The standard InChI is InChI=1S/C21H22/c1-16-11-13-19(14-12-16)21-10-6-9-20(17(21)2)15-18-7-4-3-5-8-18/h3-5,7-8,10-14H,6,9,15H2,1-2H3. The van der Waals surface area contributed by atoms with Crippen LogP contribution in [0, 0.1) is 6.92 Å². The highest BCUT2D eigenvalue weighted by molar-refractivity contribution is 5.80. The Morgan fingerprint density at radius 2 is 1.57 bits per heavy atom. The molecule has 0 unspecified atom stereocenters. The van der Waals surface area contributed by atoms with Gasteiger partial charge < -0.3 is 0 Å². The monoisotopic (exact) mass is 274 g/mol.